The smallest absolute Gasteiger partial charge is 0.270 e. The molecule has 0 spiro atoms. The van der Waals surface area contributed by atoms with Gasteiger partial charge in [0.25, 0.3) is 5.91 Å². The quantitative estimate of drug-likeness (QED) is 0.879. The molecule has 1 aromatic carbocycles. The van der Waals surface area contributed by atoms with E-state index in [0.717, 1.165) is 36.7 Å². The lowest BCUT2D eigenvalue weighted by Crippen LogP contribution is -2.46. The summed E-state index contributed by atoms with van der Waals surface area (Å²) in [5.41, 5.74) is 6.34. The highest BCUT2D eigenvalue weighted by molar-refractivity contribution is 5.99. The van der Waals surface area contributed by atoms with Gasteiger partial charge in [-0.2, -0.15) is 0 Å². The SMILES string of the molecule is CN1CCCC(NC(=O)c2cc3ccccc3c(N)n2)C1. The van der Waals surface area contributed by atoms with Gasteiger partial charge in [0, 0.05) is 18.0 Å². The highest BCUT2D eigenvalue weighted by Crippen LogP contribution is 2.20. The lowest BCUT2D eigenvalue weighted by Gasteiger charge is -2.30. The van der Waals surface area contributed by atoms with E-state index in [9.17, 15) is 4.79 Å². The number of amides is 1. The number of aromatic nitrogens is 1. The highest BCUT2D eigenvalue weighted by atomic mass is 16.1. The predicted molar refractivity (Wildman–Crippen MR) is 84.1 cm³/mol. The molecular formula is C16H20N4O. The molecule has 1 aliphatic rings. The molecule has 1 aliphatic heterocycles. The first-order valence-corrected chi connectivity index (χ1v) is 7.28. The second-order valence-corrected chi connectivity index (χ2v) is 5.69. The van der Waals surface area contributed by atoms with Crippen molar-refractivity contribution in [1.82, 2.24) is 15.2 Å². The largest absolute Gasteiger partial charge is 0.383 e. The number of likely N-dealkylation sites (N-methyl/N-ethyl adjacent to an activating group) is 1. The molecule has 0 aliphatic carbocycles. The van der Waals surface area contributed by atoms with Gasteiger partial charge in [-0.05, 0) is 37.9 Å². The summed E-state index contributed by atoms with van der Waals surface area (Å²) in [6, 6.07) is 9.68. The van der Waals surface area contributed by atoms with Crippen molar-refractivity contribution in [2.45, 2.75) is 18.9 Å². The molecule has 3 rings (SSSR count). The molecule has 1 unspecified atom stereocenters. The molecule has 0 radical (unpaired) electrons. The Morgan fingerprint density at radius 1 is 1.43 bits per heavy atom. The molecule has 1 fully saturated rings. The lowest BCUT2D eigenvalue weighted by molar-refractivity contribution is 0.0908. The summed E-state index contributed by atoms with van der Waals surface area (Å²) in [7, 11) is 2.07. The number of carbonyl (C=O) groups is 1. The topological polar surface area (TPSA) is 71.2 Å². The van der Waals surface area contributed by atoms with Crippen molar-refractivity contribution in [1.29, 1.82) is 0 Å². The molecule has 5 heteroatoms. The number of carbonyl (C=O) groups excluding carboxylic acids is 1. The standard InChI is InChI=1S/C16H20N4O/c1-20-8-4-6-12(10-20)18-16(21)14-9-11-5-2-3-7-13(11)15(17)19-14/h2-3,5,7,9,12H,4,6,8,10H2,1H3,(H2,17,19)(H,18,21). The third-order valence-electron chi connectivity index (χ3n) is 3.96. The third-order valence-corrected chi connectivity index (χ3v) is 3.96. The first-order valence-electron chi connectivity index (χ1n) is 7.28. The summed E-state index contributed by atoms with van der Waals surface area (Å²) in [6.45, 7) is 1.97. The van der Waals surface area contributed by atoms with E-state index in [4.69, 9.17) is 5.73 Å². The second-order valence-electron chi connectivity index (χ2n) is 5.69. The van der Waals surface area contributed by atoms with Crippen LogP contribution < -0.4 is 11.1 Å². The van der Waals surface area contributed by atoms with Gasteiger partial charge in [-0.3, -0.25) is 4.79 Å². The summed E-state index contributed by atoms with van der Waals surface area (Å²) >= 11 is 0. The average molecular weight is 284 g/mol. The van der Waals surface area contributed by atoms with Crippen molar-refractivity contribution in [2.75, 3.05) is 25.9 Å². The van der Waals surface area contributed by atoms with E-state index in [1.807, 2.05) is 24.3 Å². The Labute approximate surface area is 124 Å². The second kappa shape index (κ2) is 5.69. The van der Waals surface area contributed by atoms with Crippen LogP contribution in [-0.4, -0.2) is 42.0 Å². The summed E-state index contributed by atoms with van der Waals surface area (Å²) < 4.78 is 0. The van der Waals surface area contributed by atoms with Crippen LogP contribution in [0.1, 0.15) is 23.3 Å². The van der Waals surface area contributed by atoms with E-state index in [1.54, 1.807) is 6.07 Å². The van der Waals surface area contributed by atoms with E-state index >= 15 is 0 Å². The number of rotatable bonds is 2. The highest BCUT2D eigenvalue weighted by Gasteiger charge is 2.20. The normalized spacial score (nSPS) is 19.6. The summed E-state index contributed by atoms with van der Waals surface area (Å²) in [5.74, 6) is 0.256. The first-order chi connectivity index (χ1) is 10.1. The minimum Gasteiger partial charge on any atom is -0.383 e. The van der Waals surface area contributed by atoms with E-state index in [1.165, 1.54) is 0 Å². The van der Waals surface area contributed by atoms with Crippen molar-refractivity contribution in [3.63, 3.8) is 0 Å². The minimum atomic E-state index is -0.146. The average Bonchev–Trinajstić information content (AvgIpc) is 2.47. The molecule has 0 saturated carbocycles. The van der Waals surface area contributed by atoms with Crippen molar-refractivity contribution in [2.24, 2.45) is 0 Å². The van der Waals surface area contributed by atoms with Crippen LogP contribution in [0, 0.1) is 0 Å². The molecule has 1 saturated heterocycles. The maximum absolute atomic E-state index is 12.4. The third kappa shape index (κ3) is 2.97. The van der Waals surface area contributed by atoms with Crippen LogP contribution in [0.3, 0.4) is 0 Å². The van der Waals surface area contributed by atoms with Gasteiger partial charge < -0.3 is 16.0 Å². The van der Waals surface area contributed by atoms with Gasteiger partial charge in [0.15, 0.2) is 0 Å². The van der Waals surface area contributed by atoms with Gasteiger partial charge in [-0.25, -0.2) is 4.98 Å². The van der Waals surface area contributed by atoms with Gasteiger partial charge >= 0.3 is 0 Å². The number of nitrogens with zero attached hydrogens (tertiary/aromatic N) is 2. The molecule has 21 heavy (non-hydrogen) atoms. The van der Waals surface area contributed by atoms with Crippen LogP contribution >= 0.6 is 0 Å². The fourth-order valence-electron chi connectivity index (χ4n) is 2.89. The number of nitrogens with one attached hydrogen (secondary N) is 1. The minimum absolute atomic E-state index is 0.146. The Morgan fingerprint density at radius 3 is 3.05 bits per heavy atom. The number of nitrogens with two attached hydrogens (primary N) is 1. The van der Waals surface area contributed by atoms with Crippen LogP contribution in [0.4, 0.5) is 5.82 Å². The number of anilines is 1. The molecule has 0 bridgehead atoms. The number of hydrogen-bond acceptors (Lipinski definition) is 4. The Hall–Kier alpha value is -2.14. The number of fused-ring (bicyclic) bond motifs is 1. The van der Waals surface area contributed by atoms with Crippen molar-refractivity contribution < 1.29 is 4.79 Å². The Kier molecular flexibility index (Phi) is 3.75. The zero-order valence-electron chi connectivity index (χ0n) is 12.2. The predicted octanol–water partition coefficient (Wildman–Crippen LogP) is 1.64. The maximum Gasteiger partial charge on any atom is 0.270 e. The molecular weight excluding hydrogens is 264 g/mol. The Balaban J connectivity index is 1.81. The number of hydrogen-bond donors (Lipinski definition) is 2. The van der Waals surface area contributed by atoms with Gasteiger partial charge in [-0.1, -0.05) is 24.3 Å². The Morgan fingerprint density at radius 2 is 2.24 bits per heavy atom. The van der Waals surface area contributed by atoms with Crippen molar-refractivity contribution in [3.05, 3.63) is 36.0 Å². The van der Waals surface area contributed by atoms with Gasteiger partial charge in [-0.15, -0.1) is 0 Å². The summed E-state index contributed by atoms with van der Waals surface area (Å²) in [5, 5.41) is 4.88. The zero-order chi connectivity index (χ0) is 14.8. The van der Waals surface area contributed by atoms with Crippen LogP contribution in [0.5, 0.6) is 0 Å². The van der Waals surface area contributed by atoms with E-state index in [0.29, 0.717) is 11.5 Å². The summed E-state index contributed by atoms with van der Waals surface area (Å²) in [6.07, 6.45) is 2.12. The molecule has 110 valence electrons. The van der Waals surface area contributed by atoms with E-state index in [-0.39, 0.29) is 11.9 Å². The molecule has 2 aromatic rings. The zero-order valence-corrected chi connectivity index (χ0v) is 12.2. The number of piperidine rings is 1. The van der Waals surface area contributed by atoms with Crippen LogP contribution in [0.2, 0.25) is 0 Å². The fraction of sp³-hybridized carbons (Fsp3) is 0.375. The number of benzene rings is 1. The van der Waals surface area contributed by atoms with Gasteiger partial charge in [0.05, 0.1) is 0 Å². The van der Waals surface area contributed by atoms with Crippen LogP contribution in [0.15, 0.2) is 30.3 Å². The molecule has 1 amide bonds. The molecule has 1 atom stereocenters. The fourth-order valence-corrected chi connectivity index (χ4v) is 2.89. The molecule has 3 N–H and O–H groups in total. The van der Waals surface area contributed by atoms with Crippen molar-refractivity contribution >= 4 is 22.5 Å². The number of likely N-dealkylation sites (tertiary alicyclic amines) is 1. The maximum atomic E-state index is 12.4. The monoisotopic (exact) mass is 284 g/mol. The molecule has 5 nitrogen and oxygen atoms in total. The number of nitrogen functional groups attached to an aromatic ring is 1. The van der Waals surface area contributed by atoms with Crippen LogP contribution in [0.25, 0.3) is 10.8 Å². The lowest BCUT2D eigenvalue weighted by atomic mass is 10.1. The van der Waals surface area contributed by atoms with E-state index < -0.39 is 0 Å². The summed E-state index contributed by atoms with van der Waals surface area (Å²) in [4.78, 5) is 18.8. The number of pyridine rings is 1. The van der Waals surface area contributed by atoms with Gasteiger partial charge in [0.2, 0.25) is 0 Å². The van der Waals surface area contributed by atoms with E-state index in [2.05, 4.69) is 22.2 Å². The molecule has 1 aromatic heterocycles. The van der Waals surface area contributed by atoms with Crippen LogP contribution in [-0.2, 0) is 0 Å². The Bertz CT molecular complexity index is 670. The van der Waals surface area contributed by atoms with Gasteiger partial charge in [0.1, 0.15) is 11.5 Å². The first kappa shape index (κ1) is 13.8. The van der Waals surface area contributed by atoms with Crippen molar-refractivity contribution in [3.8, 4) is 0 Å². The molecule has 2 heterocycles.